The predicted molar refractivity (Wildman–Crippen MR) is 134 cm³/mol. The van der Waals surface area contributed by atoms with Crippen molar-refractivity contribution in [3.63, 3.8) is 0 Å². The molecule has 0 bridgehead atoms. The Kier molecular flexibility index (Phi) is 6.31. The van der Waals surface area contributed by atoms with Gasteiger partial charge in [0.1, 0.15) is 17.2 Å². The Labute approximate surface area is 209 Å². The number of hydrogen-bond acceptors (Lipinski definition) is 6. The first kappa shape index (κ1) is 26.0. The van der Waals surface area contributed by atoms with Crippen LogP contribution in [0.15, 0.2) is 0 Å². The van der Waals surface area contributed by atoms with Gasteiger partial charge in [0.2, 0.25) is 0 Å². The monoisotopic (exact) mass is 486 g/mol. The van der Waals surface area contributed by atoms with Crippen molar-refractivity contribution in [3.8, 4) is 17.2 Å². The minimum absolute atomic E-state index is 0.215. The molecule has 0 aromatic heterocycles. The molecule has 0 heterocycles. The van der Waals surface area contributed by atoms with Gasteiger partial charge in [-0.05, 0) is 85.4 Å². The molecule has 0 spiro atoms. The topological polar surface area (TPSA) is 104 Å². The molecule has 194 valence electrons. The van der Waals surface area contributed by atoms with Gasteiger partial charge in [-0.25, -0.2) is 0 Å². The molecule has 7 atom stereocenters. The lowest BCUT2D eigenvalue weighted by Gasteiger charge is -2.46. The standard InChI is InChI=1S/C29H42O6/c1-15(2)12-20(21-25(33)16(13-30)24(32)17(14-31)26(21)34)28(5)10-8-19-23(28)22-18(27(22,3)4)9-11-29(19,6)35-7/h13-15,18-20,22-23,32-34H,8-12H2,1-7H3/t18-,19-,20+,22-,23-,28-,29-/m1/s1. The van der Waals surface area contributed by atoms with Crippen molar-refractivity contribution in [2.45, 2.75) is 85.2 Å². The van der Waals surface area contributed by atoms with E-state index < -0.39 is 17.2 Å². The summed E-state index contributed by atoms with van der Waals surface area (Å²) in [5.41, 5.74) is -0.773. The van der Waals surface area contributed by atoms with Crippen LogP contribution < -0.4 is 0 Å². The van der Waals surface area contributed by atoms with Gasteiger partial charge < -0.3 is 20.1 Å². The third-order valence-electron chi connectivity index (χ3n) is 10.5. The van der Waals surface area contributed by atoms with Gasteiger partial charge in [0.15, 0.2) is 12.6 Å². The van der Waals surface area contributed by atoms with Gasteiger partial charge in [0, 0.05) is 12.7 Å². The maximum Gasteiger partial charge on any atom is 0.157 e. The zero-order valence-corrected chi connectivity index (χ0v) is 22.2. The summed E-state index contributed by atoms with van der Waals surface area (Å²) in [5.74, 6) is 0.184. The largest absolute Gasteiger partial charge is 0.507 e. The first-order valence-electron chi connectivity index (χ1n) is 13.1. The van der Waals surface area contributed by atoms with E-state index in [2.05, 4.69) is 41.5 Å². The minimum atomic E-state index is -0.670. The van der Waals surface area contributed by atoms with Crippen LogP contribution in [0.25, 0.3) is 0 Å². The molecular formula is C29H42O6. The van der Waals surface area contributed by atoms with Crippen molar-refractivity contribution in [1.29, 1.82) is 0 Å². The molecule has 3 N–H and O–H groups in total. The zero-order valence-electron chi connectivity index (χ0n) is 22.2. The Morgan fingerprint density at radius 2 is 1.43 bits per heavy atom. The number of aldehydes is 2. The molecule has 1 aromatic rings. The predicted octanol–water partition coefficient (Wildman–Crippen LogP) is 6.06. The lowest BCUT2D eigenvalue weighted by Crippen LogP contribution is -2.44. The zero-order chi connectivity index (χ0) is 26.1. The van der Waals surface area contributed by atoms with E-state index in [4.69, 9.17) is 4.74 Å². The number of hydrogen-bond donors (Lipinski definition) is 3. The van der Waals surface area contributed by atoms with Crippen molar-refractivity contribution in [1.82, 2.24) is 0 Å². The number of aromatic hydroxyl groups is 3. The SMILES string of the molecule is CO[C@]1(C)CC[C@@H]2[C@H]([C@H]3[C@H]1CC[C@]3(C)[C@@H](CC(C)C)c1c(O)c(C=O)c(O)c(C=O)c1O)C2(C)C. The fraction of sp³-hybridized carbons (Fsp3) is 0.724. The molecule has 0 saturated heterocycles. The maximum absolute atomic E-state index is 11.8. The Morgan fingerprint density at radius 3 is 1.91 bits per heavy atom. The number of ether oxygens (including phenoxy) is 1. The van der Waals surface area contributed by atoms with E-state index in [1.807, 2.05) is 7.11 Å². The van der Waals surface area contributed by atoms with Crippen LogP contribution in [0.5, 0.6) is 17.2 Å². The molecule has 6 nitrogen and oxygen atoms in total. The second kappa shape index (κ2) is 8.50. The lowest BCUT2D eigenvalue weighted by molar-refractivity contribution is -0.0754. The summed E-state index contributed by atoms with van der Waals surface area (Å²) >= 11 is 0. The highest BCUT2D eigenvalue weighted by Gasteiger charge is 2.71. The third-order valence-corrected chi connectivity index (χ3v) is 10.5. The summed E-state index contributed by atoms with van der Waals surface area (Å²) in [7, 11) is 1.81. The quantitative estimate of drug-likeness (QED) is 0.405. The van der Waals surface area contributed by atoms with Gasteiger partial charge >= 0.3 is 0 Å². The van der Waals surface area contributed by atoms with Gasteiger partial charge in [-0.2, -0.15) is 0 Å². The van der Waals surface area contributed by atoms with Crippen LogP contribution in [0.4, 0.5) is 0 Å². The molecule has 0 radical (unpaired) electrons. The first-order valence-corrected chi connectivity index (χ1v) is 13.1. The molecular weight excluding hydrogens is 444 g/mol. The summed E-state index contributed by atoms with van der Waals surface area (Å²) in [6, 6.07) is 0. The highest BCUT2D eigenvalue weighted by Crippen LogP contribution is 2.76. The Morgan fingerprint density at radius 1 is 0.886 bits per heavy atom. The lowest BCUT2D eigenvalue weighted by atomic mass is 9.59. The fourth-order valence-corrected chi connectivity index (χ4v) is 8.47. The van der Waals surface area contributed by atoms with Crippen molar-refractivity contribution in [2.24, 2.45) is 40.4 Å². The van der Waals surface area contributed by atoms with Crippen LogP contribution in [0.2, 0.25) is 0 Å². The normalized spacial score (nSPS) is 36.2. The van der Waals surface area contributed by atoms with Crippen molar-refractivity contribution < 1.29 is 29.6 Å². The summed E-state index contributed by atoms with van der Waals surface area (Å²) in [5, 5.41) is 32.8. The minimum Gasteiger partial charge on any atom is -0.507 e. The number of methoxy groups -OCH3 is 1. The number of phenolic OH excluding ortho intramolecular Hbond substituents is 3. The van der Waals surface area contributed by atoms with Gasteiger partial charge in [0.05, 0.1) is 16.7 Å². The van der Waals surface area contributed by atoms with Gasteiger partial charge in [0.25, 0.3) is 0 Å². The van der Waals surface area contributed by atoms with Crippen molar-refractivity contribution >= 4 is 12.6 Å². The molecule has 3 aliphatic rings. The van der Waals surface area contributed by atoms with Gasteiger partial charge in [-0.15, -0.1) is 0 Å². The second-order valence-electron chi connectivity index (χ2n) is 12.9. The average molecular weight is 487 g/mol. The molecule has 0 aliphatic heterocycles. The van der Waals surface area contributed by atoms with E-state index in [0.29, 0.717) is 42.7 Å². The van der Waals surface area contributed by atoms with Gasteiger partial charge in [-0.3, -0.25) is 9.59 Å². The number of rotatable bonds is 7. The Hall–Kier alpha value is -2.08. The van der Waals surface area contributed by atoms with Crippen LogP contribution in [0.1, 0.15) is 106 Å². The average Bonchev–Trinajstić information content (AvgIpc) is 3.20. The summed E-state index contributed by atoms with van der Waals surface area (Å²) in [4.78, 5) is 23.7. The molecule has 35 heavy (non-hydrogen) atoms. The molecule has 1 aromatic carbocycles. The van der Waals surface area contributed by atoms with E-state index in [1.165, 1.54) is 0 Å². The van der Waals surface area contributed by atoms with Crippen LogP contribution in [-0.2, 0) is 4.74 Å². The number of carbonyl (C=O) groups is 2. The first-order chi connectivity index (χ1) is 16.3. The van der Waals surface area contributed by atoms with E-state index >= 15 is 0 Å². The molecule has 3 aliphatic carbocycles. The maximum atomic E-state index is 11.8. The Bertz CT molecular complexity index is 993. The Balaban J connectivity index is 1.95. The fourth-order valence-electron chi connectivity index (χ4n) is 8.47. The van der Waals surface area contributed by atoms with Crippen LogP contribution in [-0.4, -0.2) is 40.6 Å². The summed E-state index contributed by atoms with van der Waals surface area (Å²) < 4.78 is 6.18. The smallest absolute Gasteiger partial charge is 0.157 e. The molecule has 4 rings (SSSR count). The van der Waals surface area contributed by atoms with Crippen LogP contribution >= 0.6 is 0 Å². The number of benzene rings is 1. The van der Waals surface area contributed by atoms with Crippen LogP contribution in [0.3, 0.4) is 0 Å². The molecule has 3 fully saturated rings. The van der Waals surface area contributed by atoms with E-state index in [0.717, 1.165) is 25.7 Å². The molecule has 0 unspecified atom stereocenters. The number of fused-ring (bicyclic) bond motifs is 3. The van der Waals surface area contributed by atoms with Crippen LogP contribution in [0, 0.1) is 40.4 Å². The summed E-state index contributed by atoms with van der Waals surface area (Å²) in [6.45, 7) is 13.4. The highest BCUT2D eigenvalue weighted by atomic mass is 16.5. The van der Waals surface area contributed by atoms with E-state index in [1.54, 1.807) is 0 Å². The molecule has 3 saturated carbocycles. The van der Waals surface area contributed by atoms with E-state index in [9.17, 15) is 24.9 Å². The molecule has 6 heteroatoms. The molecule has 0 amide bonds. The van der Waals surface area contributed by atoms with Gasteiger partial charge in [-0.1, -0.05) is 34.6 Å². The second-order valence-corrected chi connectivity index (χ2v) is 12.9. The number of carbonyl (C=O) groups excluding carboxylic acids is 2. The number of phenols is 3. The van der Waals surface area contributed by atoms with Crippen molar-refractivity contribution in [3.05, 3.63) is 16.7 Å². The highest BCUT2D eigenvalue weighted by molar-refractivity contribution is 5.95. The summed E-state index contributed by atoms with van der Waals surface area (Å²) in [6.07, 6.45) is 5.41. The third kappa shape index (κ3) is 3.61. The van der Waals surface area contributed by atoms with Crippen molar-refractivity contribution in [2.75, 3.05) is 7.11 Å². The van der Waals surface area contributed by atoms with E-state index in [-0.39, 0.29) is 45.0 Å².